The van der Waals surface area contributed by atoms with Crippen molar-refractivity contribution >= 4 is 5.78 Å². The molecule has 1 aromatic heterocycles. The molecule has 0 fully saturated rings. The van der Waals surface area contributed by atoms with Gasteiger partial charge in [0.2, 0.25) is 0 Å². The monoisotopic (exact) mass is 280 g/mol. The third-order valence-corrected chi connectivity index (χ3v) is 3.44. The molecular formula is C15H28N4O. The molecule has 1 heterocycles. The fourth-order valence-corrected chi connectivity index (χ4v) is 2.22. The normalized spacial score (nSPS) is 10.9. The minimum Gasteiger partial charge on any atom is -0.329 e. The number of nitrogens with two attached hydrogens (primary N) is 1. The minimum absolute atomic E-state index is 0.0965. The van der Waals surface area contributed by atoms with E-state index in [4.69, 9.17) is 5.73 Å². The molecule has 0 aliphatic rings. The summed E-state index contributed by atoms with van der Waals surface area (Å²) in [6.45, 7) is 3.35. The topological polar surface area (TPSA) is 73.8 Å². The Morgan fingerprint density at radius 1 is 1.15 bits per heavy atom. The Bertz CT molecular complexity index is 376. The maximum atomic E-state index is 11.9. The summed E-state index contributed by atoms with van der Waals surface area (Å²) in [5, 5.41) is 7.77. The zero-order valence-corrected chi connectivity index (χ0v) is 12.7. The maximum Gasteiger partial charge on any atom is 0.184 e. The Balaban J connectivity index is 2.07. The smallest absolute Gasteiger partial charge is 0.184 e. The van der Waals surface area contributed by atoms with E-state index in [-0.39, 0.29) is 5.78 Å². The van der Waals surface area contributed by atoms with Crippen molar-refractivity contribution in [1.82, 2.24) is 15.0 Å². The van der Waals surface area contributed by atoms with Crippen LogP contribution in [0.15, 0.2) is 6.20 Å². The van der Waals surface area contributed by atoms with E-state index >= 15 is 0 Å². The number of ketones is 1. The van der Waals surface area contributed by atoms with Gasteiger partial charge in [-0.25, -0.2) is 0 Å². The predicted octanol–water partition coefficient (Wildman–Crippen LogP) is 2.95. The largest absolute Gasteiger partial charge is 0.329 e. The number of carbonyl (C=O) groups is 1. The molecule has 0 radical (unpaired) electrons. The molecular weight excluding hydrogens is 252 g/mol. The van der Waals surface area contributed by atoms with Gasteiger partial charge in [0.1, 0.15) is 5.69 Å². The number of nitrogens with zero attached hydrogens (tertiary/aromatic N) is 3. The van der Waals surface area contributed by atoms with Gasteiger partial charge in [-0.1, -0.05) is 57.1 Å². The van der Waals surface area contributed by atoms with Crippen molar-refractivity contribution in [3.63, 3.8) is 0 Å². The van der Waals surface area contributed by atoms with Crippen LogP contribution in [-0.2, 0) is 6.54 Å². The highest BCUT2D eigenvalue weighted by Gasteiger charge is 2.09. The van der Waals surface area contributed by atoms with Gasteiger partial charge in [0.25, 0.3) is 0 Å². The lowest BCUT2D eigenvalue weighted by atomic mass is 10.1. The molecule has 0 bridgehead atoms. The molecule has 0 saturated heterocycles. The number of Topliss-reactive ketones (excluding diaryl/α,β-unsaturated/α-hetero) is 1. The van der Waals surface area contributed by atoms with Crippen LogP contribution in [0.25, 0.3) is 0 Å². The summed E-state index contributed by atoms with van der Waals surface area (Å²) in [7, 11) is 0. The number of rotatable bonds is 12. The standard InChI is InChI=1S/C15H28N4O/c1-2-3-4-5-6-7-8-9-10-15(20)14-13-19(12-11-16)18-17-14/h13H,2-12,16H2,1H3. The van der Waals surface area contributed by atoms with Crippen LogP contribution in [0, 0.1) is 0 Å². The second kappa shape index (κ2) is 10.5. The molecule has 5 nitrogen and oxygen atoms in total. The summed E-state index contributed by atoms with van der Waals surface area (Å²) in [6, 6.07) is 0. The van der Waals surface area contributed by atoms with Crippen LogP contribution in [0.4, 0.5) is 0 Å². The molecule has 1 aromatic rings. The van der Waals surface area contributed by atoms with Crippen LogP contribution in [0.5, 0.6) is 0 Å². The highest BCUT2D eigenvalue weighted by Crippen LogP contribution is 2.11. The van der Waals surface area contributed by atoms with Crippen LogP contribution in [0.3, 0.4) is 0 Å². The molecule has 0 saturated carbocycles. The molecule has 0 atom stereocenters. The molecule has 5 heteroatoms. The van der Waals surface area contributed by atoms with Crippen molar-refractivity contribution in [3.8, 4) is 0 Å². The molecule has 0 spiro atoms. The average Bonchev–Trinajstić information content (AvgIpc) is 2.91. The van der Waals surface area contributed by atoms with E-state index in [2.05, 4.69) is 17.2 Å². The Hall–Kier alpha value is -1.23. The molecule has 2 N–H and O–H groups in total. The Morgan fingerprint density at radius 2 is 1.80 bits per heavy atom. The maximum absolute atomic E-state index is 11.9. The fraction of sp³-hybridized carbons (Fsp3) is 0.800. The number of unbranched alkanes of at least 4 members (excludes halogenated alkanes) is 7. The Kier molecular flexibility index (Phi) is 8.87. The average molecular weight is 280 g/mol. The first kappa shape index (κ1) is 16.8. The first-order valence-corrected chi connectivity index (χ1v) is 7.91. The predicted molar refractivity (Wildman–Crippen MR) is 80.6 cm³/mol. The summed E-state index contributed by atoms with van der Waals surface area (Å²) in [5.74, 6) is 0.0965. The minimum atomic E-state index is 0.0965. The van der Waals surface area contributed by atoms with Crippen LogP contribution in [-0.4, -0.2) is 27.3 Å². The van der Waals surface area contributed by atoms with Gasteiger partial charge in [-0.2, -0.15) is 0 Å². The van der Waals surface area contributed by atoms with E-state index in [1.165, 1.54) is 38.5 Å². The molecule has 1 rings (SSSR count). The van der Waals surface area contributed by atoms with E-state index in [9.17, 15) is 4.79 Å². The first-order chi connectivity index (χ1) is 9.77. The second-order valence-electron chi connectivity index (χ2n) is 5.30. The summed E-state index contributed by atoms with van der Waals surface area (Å²) in [5.41, 5.74) is 5.90. The van der Waals surface area contributed by atoms with Crippen molar-refractivity contribution in [1.29, 1.82) is 0 Å². The molecule has 0 unspecified atom stereocenters. The van der Waals surface area contributed by atoms with Crippen LogP contribution in [0.1, 0.15) is 75.2 Å². The zero-order valence-electron chi connectivity index (χ0n) is 12.7. The van der Waals surface area contributed by atoms with Crippen molar-refractivity contribution in [3.05, 3.63) is 11.9 Å². The second-order valence-corrected chi connectivity index (χ2v) is 5.30. The van der Waals surface area contributed by atoms with E-state index in [0.717, 1.165) is 12.8 Å². The van der Waals surface area contributed by atoms with Crippen LogP contribution >= 0.6 is 0 Å². The lowest BCUT2D eigenvalue weighted by molar-refractivity contribution is 0.0974. The Labute approximate surface area is 121 Å². The molecule has 0 aliphatic carbocycles. The van der Waals surface area contributed by atoms with E-state index in [1.807, 2.05) is 0 Å². The quantitative estimate of drug-likeness (QED) is 0.472. The van der Waals surface area contributed by atoms with Crippen molar-refractivity contribution in [2.45, 2.75) is 71.3 Å². The summed E-state index contributed by atoms with van der Waals surface area (Å²) < 4.78 is 1.63. The van der Waals surface area contributed by atoms with Gasteiger partial charge in [-0.05, 0) is 6.42 Å². The van der Waals surface area contributed by atoms with Crippen LogP contribution in [0.2, 0.25) is 0 Å². The van der Waals surface area contributed by atoms with Gasteiger partial charge in [0.05, 0.1) is 12.7 Å². The number of hydrogen-bond donors (Lipinski definition) is 1. The third kappa shape index (κ3) is 6.80. The van der Waals surface area contributed by atoms with Gasteiger partial charge >= 0.3 is 0 Å². The van der Waals surface area contributed by atoms with Gasteiger partial charge in [0.15, 0.2) is 5.78 Å². The van der Waals surface area contributed by atoms with E-state index < -0.39 is 0 Å². The van der Waals surface area contributed by atoms with Crippen LogP contribution < -0.4 is 5.73 Å². The Morgan fingerprint density at radius 3 is 2.45 bits per heavy atom. The lowest BCUT2D eigenvalue weighted by Crippen LogP contribution is -2.10. The summed E-state index contributed by atoms with van der Waals surface area (Å²) in [6.07, 6.45) is 12.2. The zero-order chi connectivity index (χ0) is 14.6. The van der Waals surface area contributed by atoms with Gasteiger partial charge in [-0.3, -0.25) is 9.48 Å². The number of hydrogen-bond acceptors (Lipinski definition) is 4. The van der Waals surface area contributed by atoms with Gasteiger partial charge < -0.3 is 5.73 Å². The SMILES string of the molecule is CCCCCCCCCCC(=O)c1cn(CCN)nn1. The molecule has 0 amide bonds. The molecule has 20 heavy (non-hydrogen) atoms. The highest BCUT2D eigenvalue weighted by molar-refractivity contribution is 5.93. The molecule has 114 valence electrons. The van der Waals surface area contributed by atoms with Crippen molar-refractivity contribution < 1.29 is 4.79 Å². The van der Waals surface area contributed by atoms with Crippen molar-refractivity contribution in [2.75, 3.05) is 6.54 Å². The van der Waals surface area contributed by atoms with Gasteiger partial charge in [0, 0.05) is 13.0 Å². The number of aromatic nitrogens is 3. The van der Waals surface area contributed by atoms with Gasteiger partial charge in [-0.15, -0.1) is 5.10 Å². The van der Waals surface area contributed by atoms with E-state index in [1.54, 1.807) is 10.9 Å². The lowest BCUT2D eigenvalue weighted by Gasteiger charge is -2.00. The fourth-order valence-electron chi connectivity index (χ4n) is 2.22. The summed E-state index contributed by atoms with van der Waals surface area (Å²) in [4.78, 5) is 11.9. The molecule has 0 aliphatic heterocycles. The van der Waals surface area contributed by atoms with E-state index in [0.29, 0.717) is 25.2 Å². The summed E-state index contributed by atoms with van der Waals surface area (Å²) >= 11 is 0. The highest BCUT2D eigenvalue weighted by atomic mass is 16.1. The first-order valence-electron chi connectivity index (χ1n) is 7.91. The number of carbonyl (C=O) groups excluding carboxylic acids is 1. The third-order valence-electron chi connectivity index (χ3n) is 3.44. The van der Waals surface area contributed by atoms with Crippen molar-refractivity contribution in [2.24, 2.45) is 5.73 Å². The molecule has 0 aromatic carbocycles.